The van der Waals surface area contributed by atoms with E-state index in [0.29, 0.717) is 11.4 Å². The van der Waals surface area contributed by atoms with Crippen LogP contribution in [0.4, 0.5) is 0 Å². The molecule has 0 atom stereocenters. The largest absolute Gasteiger partial charge is 0.507 e. The van der Waals surface area contributed by atoms with Crippen molar-refractivity contribution in [1.29, 1.82) is 0 Å². The van der Waals surface area contributed by atoms with E-state index >= 15 is 0 Å². The molecule has 7 aromatic carbocycles. The second kappa shape index (κ2) is 14.8. The fraction of sp³-hybridized carbons (Fsp3) is 0.186. The van der Waals surface area contributed by atoms with Crippen molar-refractivity contribution in [2.24, 2.45) is 0 Å². The summed E-state index contributed by atoms with van der Waals surface area (Å²) < 4.78 is 2.27. The first kappa shape index (κ1) is 40.1. The molecule has 1 aliphatic carbocycles. The molecule has 0 bridgehead atoms. The lowest BCUT2D eigenvalue weighted by atomic mass is 9.79. The van der Waals surface area contributed by atoms with Crippen LogP contribution in [-0.4, -0.2) is 19.6 Å². The van der Waals surface area contributed by atoms with E-state index in [1.807, 2.05) is 6.20 Å². The van der Waals surface area contributed by atoms with Crippen LogP contribution in [-0.2, 0) is 16.2 Å². The number of nitrogens with zero attached hydrogens (tertiary/aromatic N) is 3. The molecule has 310 valence electrons. The SMILES string of the molecule is CC(C)(C)c1cc(-c2nc3c(-c4cc(-c5ccccc5)cc(-c5nccc6c5C(C)(C)c5ccccc5-6)c4)cccc3n2-c2ccccc2-c2ccccc2)c(O)c(C(C)(C)C)c1. The van der Waals surface area contributed by atoms with Crippen molar-refractivity contribution in [2.45, 2.75) is 71.6 Å². The minimum atomic E-state index is -0.320. The monoisotopic (exact) mass is 819 g/mol. The van der Waals surface area contributed by atoms with Crippen molar-refractivity contribution >= 4 is 11.0 Å². The molecule has 2 aromatic heterocycles. The lowest BCUT2D eigenvalue weighted by Crippen LogP contribution is -2.17. The lowest BCUT2D eigenvalue weighted by Gasteiger charge is -2.27. The van der Waals surface area contributed by atoms with Crippen molar-refractivity contribution in [3.63, 3.8) is 0 Å². The maximum Gasteiger partial charge on any atom is 0.149 e. The molecule has 0 saturated carbocycles. The van der Waals surface area contributed by atoms with Crippen molar-refractivity contribution in [1.82, 2.24) is 14.5 Å². The van der Waals surface area contributed by atoms with E-state index in [1.165, 1.54) is 22.3 Å². The number of aromatic nitrogens is 3. The fourth-order valence-electron chi connectivity index (χ4n) is 9.75. The molecule has 63 heavy (non-hydrogen) atoms. The van der Waals surface area contributed by atoms with Crippen LogP contribution in [0.2, 0.25) is 0 Å². The van der Waals surface area contributed by atoms with Crippen LogP contribution in [0.15, 0.2) is 170 Å². The second-order valence-electron chi connectivity index (χ2n) is 19.7. The van der Waals surface area contributed by atoms with Crippen LogP contribution < -0.4 is 0 Å². The zero-order valence-electron chi connectivity index (χ0n) is 37.5. The van der Waals surface area contributed by atoms with Gasteiger partial charge in [-0.05, 0) is 103 Å². The zero-order valence-corrected chi connectivity index (χ0v) is 37.5. The molecule has 2 heterocycles. The number of phenolic OH excluding ortho intramolecular Hbond substituents is 1. The van der Waals surface area contributed by atoms with E-state index in [2.05, 4.69) is 224 Å². The Morgan fingerprint density at radius 2 is 1.13 bits per heavy atom. The Kier molecular flexibility index (Phi) is 9.41. The molecule has 0 fully saturated rings. The van der Waals surface area contributed by atoms with Gasteiger partial charge in [0.1, 0.15) is 11.6 Å². The summed E-state index contributed by atoms with van der Waals surface area (Å²) in [6.45, 7) is 17.8. The number of para-hydroxylation sites is 2. The Bertz CT molecular complexity index is 3210. The highest BCUT2D eigenvalue weighted by Gasteiger charge is 2.38. The highest BCUT2D eigenvalue weighted by atomic mass is 16.3. The first-order valence-corrected chi connectivity index (χ1v) is 22.1. The molecular weight excluding hydrogens is 767 g/mol. The third-order valence-corrected chi connectivity index (χ3v) is 13.0. The van der Waals surface area contributed by atoms with Gasteiger partial charge in [-0.25, -0.2) is 4.98 Å². The van der Waals surface area contributed by atoms with Crippen molar-refractivity contribution in [2.75, 3.05) is 0 Å². The average molecular weight is 820 g/mol. The Hall–Kier alpha value is -7.04. The van der Waals surface area contributed by atoms with Gasteiger partial charge in [0.25, 0.3) is 0 Å². The van der Waals surface area contributed by atoms with Gasteiger partial charge in [0, 0.05) is 33.9 Å². The summed E-state index contributed by atoms with van der Waals surface area (Å²) in [7, 11) is 0. The third kappa shape index (κ3) is 6.76. The van der Waals surface area contributed by atoms with E-state index in [4.69, 9.17) is 9.97 Å². The number of rotatable bonds is 6. The van der Waals surface area contributed by atoms with Crippen LogP contribution in [0.5, 0.6) is 5.75 Å². The molecule has 1 N–H and O–H groups in total. The van der Waals surface area contributed by atoms with E-state index in [9.17, 15) is 5.11 Å². The van der Waals surface area contributed by atoms with E-state index in [0.717, 1.165) is 72.5 Å². The van der Waals surface area contributed by atoms with Gasteiger partial charge in [-0.2, -0.15) is 0 Å². The summed E-state index contributed by atoms with van der Waals surface area (Å²) in [5.41, 5.74) is 18.4. The molecule has 9 aromatic rings. The number of imidazole rings is 1. The molecule has 4 heteroatoms. The minimum Gasteiger partial charge on any atom is -0.507 e. The number of hydrogen-bond donors (Lipinski definition) is 1. The molecular formula is C59H53N3O. The lowest BCUT2D eigenvalue weighted by molar-refractivity contribution is 0.446. The highest BCUT2D eigenvalue weighted by molar-refractivity contribution is 5.99. The molecule has 0 amide bonds. The predicted octanol–water partition coefficient (Wildman–Crippen LogP) is 15.4. The molecule has 0 saturated heterocycles. The number of aromatic hydroxyl groups is 1. The van der Waals surface area contributed by atoms with Crippen LogP contribution in [0.1, 0.15) is 77.6 Å². The Labute approximate surface area is 371 Å². The molecule has 0 unspecified atom stereocenters. The van der Waals surface area contributed by atoms with Gasteiger partial charge < -0.3 is 5.11 Å². The van der Waals surface area contributed by atoms with E-state index < -0.39 is 0 Å². The number of pyridine rings is 1. The summed E-state index contributed by atoms with van der Waals surface area (Å²) in [6, 6.07) is 58.4. The molecule has 10 rings (SSSR count). The molecule has 0 radical (unpaired) electrons. The first-order chi connectivity index (χ1) is 30.2. The molecule has 4 nitrogen and oxygen atoms in total. The minimum absolute atomic E-state index is 0.178. The summed E-state index contributed by atoms with van der Waals surface area (Å²) >= 11 is 0. The Balaban J connectivity index is 1.28. The first-order valence-electron chi connectivity index (χ1n) is 22.1. The second-order valence-corrected chi connectivity index (χ2v) is 19.7. The summed E-state index contributed by atoms with van der Waals surface area (Å²) in [5, 5.41) is 12.5. The third-order valence-electron chi connectivity index (χ3n) is 13.0. The van der Waals surface area contributed by atoms with Gasteiger partial charge in [-0.1, -0.05) is 177 Å². The average Bonchev–Trinajstić information content (AvgIpc) is 3.78. The van der Waals surface area contributed by atoms with Crippen molar-refractivity contribution in [3.05, 3.63) is 192 Å². The topological polar surface area (TPSA) is 50.9 Å². The van der Waals surface area contributed by atoms with Crippen LogP contribution in [0.3, 0.4) is 0 Å². The number of fused-ring (bicyclic) bond motifs is 4. The summed E-state index contributed by atoms with van der Waals surface area (Å²) in [6.07, 6.45) is 1.96. The maximum absolute atomic E-state index is 12.5. The van der Waals surface area contributed by atoms with Gasteiger partial charge in [-0.3, -0.25) is 9.55 Å². The summed E-state index contributed by atoms with van der Waals surface area (Å²) in [5.74, 6) is 0.947. The quantitative estimate of drug-likeness (QED) is 0.182. The molecule has 0 spiro atoms. The highest BCUT2D eigenvalue weighted by Crippen LogP contribution is 2.52. The van der Waals surface area contributed by atoms with Gasteiger partial charge in [0.05, 0.1) is 28.0 Å². The Morgan fingerprint density at radius 3 is 1.84 bits per heavy atom. The van der Waals surface area contributed by atoms with Gasteiger partial charge >= 0.3 is 0 Å². The fourth-order valence-corrected chi connectivity index (χ4v) is 9.75. The van der Waals surface area contributed by atoms with Gasteiger partial charge in [-0.15, -0.1) is 0 Å². The normalized spacial score (nSPS) is 13.3. The van der Waals surface area contributed by atoms with Crippen LogP contribution >= 0.6 is 0 Å². The number of hydrogen-bond acceptors (Lipinski definition) is 3. The number of benzene rings is 7. The van der Waals surface area contributed by atoms with Crippen LogP contribution in [0, 0.1) is 0 Å². The predicted molar refractivity (Wildman–Crippen MR) is 263 cm³/mol. The molecule has 0 aliphatic heterocycles. The standard InChI is InChI=1S/C59H53N3O/c1-57(2,3)42-35-47(55(63)49(36-42)58(4,5)6)56-61-54-44(26-19-29-51(54)62(56)50-28-18-16-24-43(50)38-22-13-10-14-23-38)40-32-39(37-20-11-9-12-21-37)33-41(34-40)53-52-46(30-31-60-53)45-25-15-17-27-48(45)59(52,7)8/h9-36,63H,1-8H3. The maximum atomic E-state index is 12.5. The number of phenols is 1. The van der Waals surface area contributed by atoms with Gasteiger partial charge in [0.2, 0.25) is 0 Å². The van der Waals surface area contributed by atoms with Crippen LogP contribution in [0.25, 0.3) is 83.9 Å². The van der Waals surface area contributed by atoms with E-state index in [1.54, 1.807) is 0 Å². The van der Waals surface area contributed by atoms with Crippen molar-refractivity contribution < 1.29 is 5.11 Å². The zero-order chi connectivity index (χ0) is 43.8. The Morgan fingerprint density at radius 1 is 0.508 bits per heavy atom. The molecule has 1 aliphatic rings. The van der Waals surface area contributed by atoms with Crippen molar-refractivity contribution in [3.8, 4) is 78.6 Å². The van der Waals surface area contributed by atoms with E-state index in [-0.39, 0.29) is 22.0 Å². The van der Waals surface area contributed by atoms with Gasteiger partial charge in [0.15, 0.2) is 0 Å². The smallest absolute Gasteiger partial charge is 0.149 e. The summed E-state index contributed by atoms with van der Waals surface area (Å²) in [4.78, 5) is 10.9.